The molecule has 0 bridgehead atoms. The Morgan fingerprint density at radius 1 is 1.22 bits per heavy atom. The molecule has 0 aliphatic heterocycles. The quantitative estimate of drug-likeness (QED) is 0.779. The van der Waals surface area contributed by atoms with Gasteiger partial charge in [-0.3, -0.25) is 10.1 Å². The molecule has 0 saturated carbocycles. The van der Waals surface area contributed by atoms with Gasteiger partial charge in [0.15, 0.2) is 16.0 Å². The van der Waals surface area contributed by atoms with E-state index in [-0.39, 0.29) is 5.91 Å². The van der Waals surface area contributed by atoms with Gasteiger partial charge in [-0.05, 0) is 18.9 Å². The maximum Gasteiger partial charge on any atom is 0.269 e. The molecule has 6 nitrogen and oxygen atoms in total. The zero-order chi connectivity index (χ0) is 16.4. The van der Waals surface area contributed by atoms with Crippen LogP contribution in [0.1, 0.15) is 40.8 Å². The second-order valence-corrected chi connectivity index (χ2v) is 7.05. The number of amides is 1. The molecule has 3 rings (SSSR count). The zero-order valence-electron chi connectivity index (χ0n) is 12.9. The maximum atomic E-state index is 12.4. The van der Waals surface area contributed by atoms with E-state index in [4.69, 9.17) is 0 Å². The number of hydrogen-bond acceptors (Lipinski definition) is 7. The van der Waals surface area contributed by atoms with E-state index >= 15 is 0 Å². The summed E-state index contributed by atoms with van der Waals surface area (Å²) in [5.41, 5.74) is 1.64. The van der Waals surface area contributed by atoms with Gasteiger partial charge in [0.1, 0.15) is 4.88 Å². The number of rotatable bonds is 4. The van der Waals surface area contributed by atoms with Crippen LogP contribution in [0.3, 0.4) is 0 Å². The van der Waals surface area contributed by atoms with Gasteiger partial charge in [0, 0.05) is 17.8 Å². The Morgan fingerprint density at radius 2 is 1.96 bits per heavy atom. The van der Waals surface area contributed by atoms with E-state index in [0.29, 0.717) is 32.5 Å². The number of anilines is 1. The molecule has 0 unspecified atom stereocenters. The third kappa shape index (κ3) is 3.43. The minimum absolute atomic E-state index is 0.202. The standard InChI is InChI=1S/C15H15N5OS2/c1-8(2)10-7-22-15(19-10)20-13(21)11-9(3)18-14(23-11)12-16-5-4-6-17-12/h4-8H,1-3H3,(H,19,20,21). The van der Waals surface area contributed by atoms with Gasteiger partial charge in [-0.2, -0.15) is 0 Å². The van der Waals surface area contributed by atoms with Crippen LogP contribution in [0.4, 0.5) is 5.13 Å². The van der Waals surface area contributed by atoms with E-state index in [1.807, 2.05) is 5.38 Å². The van der Waals surface area contributed by atoms with Crippen molar-refractivity contribution < 1.29 is 4.79 Å². The van der Waals surface area contributed by atoms with Gasteiger partial charge in [-0.1, -0.05) is 13.8 Å². The number of carbonyl (C=O) groups is 1. The number of nitrogens with zero attached hydrogens (tertiary/aromatic N) is 4. The minimum atomic E-state index is -0.202. The minimum Gasteiger partial charge on any atom is -0.297 e. The smallest absolute Gasteiger partial charge is 0.269 e. The molecule has 0 aromatic carbocycles. The Hall–Kier alpha value is -2.19. The number of hydrogen-bond donors (Lipinski definition) is 1. The normalized spacial score (nSPS) is 11.0. The third-order valence-electron chi connectivity index (χ3n) is 3.09. The molecule has 1 N–H and O–H groups in total. The first kappa shape index (κ1) is 15.7. The Bertz CT molecular complexity index is 826. The van der Waals surface area contributed by atoms with Crippen LogP contribution in [0.2, 0.25) is 0 Å². The average Bonchev–Trinajstić information content (AvgIpc) is 3.15. The van der Waals surface area contributed by atoms with Gasteiger partial charge >= 0.3 is 0 Å². The zero-order valence-corrected chi connectivity index (χ0v) is 14.5. The number of carbonyl (C=O) groups excluding carboxylic acids is 1. The van der Waals surface area contributed by atoms with E-state index in [2.05, 4.69) is 39.1 Å². The molecule has 0 spiro atoms. The van der Waals surface area contributed by atoms with E-state index in [1.165, 1.54) is 22.7 Å². The van der Waals surface area contributed by atoms with Crippen LogP contribution in [0.5, 0.6) is 0 Å². The van der Waals surface area contributed by atoms with Crippen molar-refractivity contribution in [3.05, 3.63) is 40.1 Å². The second-order valence-electron chi connectivity index (χ2n) is 5.19. The van der Waals surface area contributed by atoms with E-state index in [9.17, 15) is 4.79 Å². The highest BCUT2D eigenvalue weighted by Crippen LogP contribution is 2.27. The molecule has 0 atom stereocenters. The third-order valence-corrected chi connectivity index (χ3v) is 5.02. The molecule has 0 fully saturated rings. The van der Waals surface area contributed by atoms with Crippen molar-refractivity contribution in [2.45, 2.75) is 26.7 Å². The van der Waals surface area contributed by atoms with Crippen molar-refractivity contribution in [2.75, 3.05) is 5.32 Å². The largest absolute Gasteiger partial charge is 0.297 e. The molecule has 0 aliphatic rings. The molecule has 118 valence electrons. The molecular weight excluding hydrogens is 330 g/mol. The number of thiazole rings is 2. The van der Waals surface area contributed by atoms with Gasteiger partial charge in [-0.25, -0.2) is 19.9 Å². The lowest BCUT2D eigenvalue weighted by atomic mass is 10.2. The lowest BCUT2D eigenvalue weighted by molar-refractivity contribution is 0.103. The van der Waals surface area contributed by atoms with Gasteiger partial charge < -0.3 is 0 Å². The van der Waals surface area contributed by atoms with Crippen LogP contribution in [0.15, 0.2) is 23.8 Å². The fourth-order valence-corrected chi connectivity index (χ4v) is 3.65. The maximum absolute atomic E-state index is 12.4. The van der Waals surface area contributed by atoms with Crippen LogP contribution in [-0.2, 0) is 0 Å². The average molecular weight is 345 g/mol. The van der Waals surface area contributed by atoms with Crippen LogP contribution < -0.4 is 5.32 Å². The van der Waals surface area contributed by atoms with Gasteiger partial charge in [0.25, 0.3) is 5.91 Å². The molecular formula is C15H15N5OS2. The van der Waals surface area contributed by atoms with Crippen LogP contribution in [0, 0.1) is 6.92 Å². The molecule has 0 saturated heterocycles. The van der Waals surface area contributed by atoms with Crippen molar-refractivity contribution in [3.8, 4) is 10.8 Å². The highest BCUT2D eigenvalue weighted by Gasteiger charge is 2.18. The first-order chi connectivity index (χ1) is 11.0. The van der Waals surface area contributed by atoms with Crippen LogP contribution in [0.25, 0.3) is 10.8 Å². The fourth-order valence-electron chi connectivity index (χ4n) is 1.87. The molecule has 3 aromatic heterocycles. The molecule has 3 aromatic rings. The topological polar surface area (TPSA) is 80.7 Å². The summed E-state index contributed by atoms with van der Waals surface area (Å²) >= 11 is 2.71. The number of aromatic nitrogens is 4. The van der Waals surface area contributed by atoms with Crippen LogP contribution >= 0.6 is 22.7 Å². The number of aryl methyl sites for hydroxylation is 1. The monoisotopic (exact) mass is 345 g/mol. The first-order valence-electron chi connectivity index (χ1n) is 7.06. The summed E-state index contributed by atoms with van der Waals surface area (Å²) in [5, 5.41) is 6.03. The Kier molecular flexibility index (Phi) is 4.44. The lowest BCUT2D eigenvalue weighted by Crippen LogP contribution is -2.11. The fraction of sp³-hybridized carbons (Fsp3) is 0.267. The number of nitrogens with one attached hydrogen (secondary N) is 1. The lowest BCUT2D eigenvalue weighted by Gasteiger charge is -2.00. The summed E-state index contributed by atoms with van der Waals surface area (Å²) in [6.07, 6.45) is 3.31. The molecule has 23 heavy (non-hydrogen) atoms. The molecule has 0 aliphatic carbocycles. The van der Waals surface area contributed by atoms with Crippen molar-refractivity contribution in [1.82, 2.24) is 19.9 Å². The highest BCUT2D eigenvalue weighted by atomic mass is 32.1. The van der Waals surface area contributed by atoms with E-state index < -0.39 is 0 Å². The van der Waals surface area contributed by atoms with E-state index in [0.717, 1.165) is 5.69 Å². The van der Waals surface area contributed by atoms with E-state index in [1.54, 1.807) is 25.4 Å². The first-order valence-corrected chi connectivity index (χ1v) is 8.76. The van der Waals surface area contributed by atoms with Crippen molar-refractivity contribution in [1.29, 1.82) is 0 Å². The van der Waals surface area contributed by atoms with Gasteiger partial charge in [0.05, 0.1) is 11.4 Å². The predicted octanol–water partition coefficient (Wildman–Crippen LogP) is 3.74. The molecule has 1 amide bonds. The molecule has 0 radical (unpaired) electrons. The molecule has 3 heterocycles. The van der Waals surface area contributed by atoms with Crippen molar-refractivity contribution in [2.24, 2.45) is 0 Å². The van der Waals surface area contributed by atoms with Gasteiger partial charge in [-0.15, -0.1) is 22.7 Å². The Morgan fingerprint density at radius 3 is 2.61 bits per heavy atom. The Balaban J connectivity index is 1.81. The van der Waals surface area contributed by atoms with Crippen molar-refractivity contribution >= 4 is 33.7 Å². The summed E-state index contributed by atoms with van der Waals surface area (Å²) < 4.78 is 0. The van der Waals surface area contributed by atoms with Crippen molar-refractivity contribution in [3.63, 3.8) is 0 Å². The highest BCUT2D eigenvalue weighted by molar-refractivity contribution is 7.17. The summed E-state index contributed by atoms with van der Waals surface area (Å²) in [6.45, 7) is 5.94. The van der Waals surface area contributed by atoms with Gasteiger partial charge in [0.2, 0.25) is 0 Å². The SMILES string of the molecule is Cc1nc(-c2ncccn2)sc1C(=O)Nc1nc(C(C)C)cs1. The molecule has 8 heteroatoms. The summed E-state index contributed by atoms with van der Waals surface area (Å²) in [4.78, 5) is 30.1. The second kappa shape index (κ2) is 6.51. The van der Waals surface area contributed by atoms with Crippen LogP contribution in [-0.4, -0.2) is 25.8 Å². The predicted molar refractivity (Wildman–Crippen MR) is 92.0 cm³/mol. The summed E-state index contributed by atoms with van der Waals surface area (Å²) in [7, 11) is 0. The summed E-state index contributed by atoms with van der Waals surface area (Å²) in [5.74, 6) is 0.659. The summed E-state index contributed by atoms with van der Waals surface area (Å²) in [6, 6.07) is 1.74. The Labute approximate surface area is 141 Å².